The molecule has 0 saturated carbocycles. The van der Waals surface area contributed by atoms with Crippen molar-refractivity contribution < 1.29 is 19.7 Å². The lowest BCUT2D eigenvalue weighted by molar-refractivity contribution is -0.204. The van der Waals surface area contributed by atoms with Gasteiger partial charge in [-0.2, -0.15) is 0 Å². The van der Waals surface area contributed by atoms with E-state index in [4.69, 9.17) is 21.1 Å². The first-order valence-electron chi connectivity index (χ1n) is 9.36. The molecule has 1 unspecified atom stereocenters. The number of hydrogen-bond donors (Lipinski definition) is 2. The van der Waals surface area contributed by atoms with E-state index in [0.29, 0.717) is 12.3 Å². The fourth-order valence-corrected chi connectivity index (χ4v) is 3.26. The molecular weight excluding hydrogens is 328 g/mol. The summed E-state index contributed by atoms with van der Waals surface area (Å²) in [6, 6.07) is 0. The Hall–Kier alpha value is -0.130. The molecule has 0 aromatic carbocycles. The molecule has 0 bridgehead atoms. The van der Waals surface area contributed by atoms with Crippen LogP contribution in [0.5, 0.6) is 0 Å². The van der Waals surface area contributed by atoms with E-state index in [1.807, 2.05) is 0 Å². The second-order valence-electron chi connectivity index (χ2n) is 7.00. The minimum absolute atomic E-state index is 0.0256. The Morgan fingerprint density at radius 2 is 2.08 bits per heavy atom. The summed E-state index contributed by atoms with van der Waals surface area (Å²) in [5.74, 6) is 0.387. The van der Waals surface area contributed by atoms with Crippen molar-refractivity contribution in [1.29, 1.82) is 0 Å². The topological polar surface area (TPSA) is 58.9 Å². The van der Waals surface area contributed by atoms with Gasteiger partial charge in [-0.1, -0.05) is 44.9 Å². The van der Waals surface area contributed by atoms with Gasteiger partial charge in [0.05, 0.1) is 25.4 Å². The molecule has 1 aliphatic heterocycles. The van der Waals surface area contributed by atoms with Crippen LogP contribution in [0.2, 0.25) is 0 Å². The fourth-order valence-electron chi connectivity index (χ4n) is 3.00. The van der Waals surface area contributed by atoms with Crippen LogP contribution in [0.1, 0.15) is 65.7 Å². The van der Waals surface area contributed by atoms with E-state index in [1.165, 1.54) is 0 Å². The molecule has 0 spiro atoms. The van der Waals surface area contributed by atoms with Crippen LogP contribution >= 0.6 is 11.6 Å². The number of hydrogen-bond acceptors (Lipinski definition) is 4. The smallest absolute Gasteiger partial charge is 0.117 e. The zero-order chi connectivity index (χ0) is 18.0. The first-order chi connectivity index (χ1) is 11.5. The van der Waals surface area contributed by atoms with Gasteiger partial charge in [-0.05, 0) is 38.0 Å². The van der Waals surface area contributed by atoms with E-state index in [-0.39, 0.29) is 25.4 Å². The Balaban J connectivity index is 2.60. The maximum absolute atomic E-state index is 9.69. The predicted molar refractivity (Wildman–Crippen MR) is 98.3 cm³/mol. The van der Waals surface area contributed by atoms with Crippen molar-refractivity contribution in [2.75, 3.05) is 19.8 Å². The first-order valence-corrected chi connectivity index (χ1v) is 9.74. The number of aliphatic hydroxyl groups is 2. The summed E-state index contributed by atoms with van der Waals surface area (Å²) >= 11 is 6.29. The van der Waals surface area contributed by atoms with Crippen molar-refractivity contribution >= 4 is 11.6 Å². The molecule has 4 nitrogen and oxygen atoms in total. The van der Waals surface area contributed by atoms with E-state index in [0.717, 1.165) is 50.2 Å². The number of allylic oxidation sites excluding steroid dienone is 2. The van der Waals surface area contributed by atoms with Crippen molar-refractivity contribution in [3.63, 3.8) is 0 Å². The number of rotatable bonds is 11. The highest BCUT2D eigenvalue weighted by Crippen LogP contribution is 2.33. The van der Waals surface area contributed by atoms with Gasteiger partial charge in [-0.3, -0.25) is 0 Å². The molecule has 1 heterocycles. The Labute approximate surface area is 152 Å². The van der Waals surface area contributed by atoms with Gasteiger partial charge in [0.25, 0.3) is 0 Å². The van der Waals surface area contributed by atoms with Gasteiger partial charge in [-0.15, -0.1) is 0 Å². The normalized spacial score (nSPS) is 25.7. The van der Waals surface area contributed by atoms with Crippen LogP contribution in [0.4, 0.5) is 0 Å². The summed E-state index contributed by atoms with van der Waals surface area (Å²) in [6.45, 7) is 6.74. The zero-order valence-corrected chi connectivity index (χ0v) is 16.2. The highest BCUT2D eigenvalue weighted by Gasteiger charge is 2.41. The molecule has 0 radical (unpaired) electrons. The van der Waals surface area contributed by atoms with Gasteiger partial charge >= 0.3 is 0 Å². The molecule has 142 valence electrons. The summed E-state index contributed by atoms with van der Waals surface area (Å²) in [5.41, 5.74) is -0.885. The zero-order valence-electron chi connectivity index (χ0n) is 15.5. The van der Waals surface area contributed by atoms with Gasteiger partial charge in [0, 0.05) is 18.1 Å². The Kier molecular flexibility index (Phi) is 10.5. The van der Waals surface area contributed by atoms with Crippen molar-refractivity contribution in [2.24, 2.45) is 5.92 Å². The second kappa shape index (κ2) is 11.5. The quantitative estimate of drug-likeness (QED) is 0.545. The van der Waals surface area contributed by atoms with Crippen molar-refractivity contribution in [3.8, 4) is 0 Å². The van der Waals surface area contributed by atoms with Crippen LogP contribution in [0.3, 0.4) is 0 Å². The predicted octanol–water partition coefficient (Wildman–Crippen LogP) is 4.02. The number of aliphatic hydroxyl groups excluding tert-OH is 2. The summed E-state index contributed by atoms with van der Waals surface area (Å²) in [5, 5.41) is 20.3. The number of unbranched alkanes of at least 4 members (excludes halogenated alkanes) is 1. The maximum atomic E-state index is 9.69. The largest absolute Gasteiger partial charge is 0.393 e. The third kappa shape index (κ3) is 7.01. The van der Waals surface area contributed by atoms with Crippen molar-refractivity contribution in [2.45, 2.75) is 83.5 Å². The lowest BCUT2D eigenvalue weighted by atomic mass is 9.89. The van der Waals surface area contributed by atoms with Crippen LogP contribution < -0.4 is 0 Å². The van der Waals surface area contributed by atoms with E-state index >= 15 is 0 Å². The fraction of sp³-hybridized carbons (Fsp3) is 0.895. The highest BCUT2D eigenvalue weighted by molar-refractivity contribution is 6.29. The average molecular weight is 363 g/mol. The Morgan fingerprint density at radius 3 is 2.67 bits per heavy atom. The van der Waals surface area contributed by atoms with Crippen LogP contribution in [0.25, 0.3) is 0 Å². The molecule has 1 saturated heterocycles. The van der Waals surface area contributed by atoms with Crippen LogP contribution in [-0.4, -0.2) is 47.8 Å². The second-order valence-corrected chi connectivity index (χ2v) is 7.44. The van der Waals surface area contributed by atoms with Crippen LogP contribution in [0.15, 0.2) is 11.1 Å². The highest BCUT2D eigenvalue weighted by atomic mass is 35.5. The summed E-state index contributed by atoms with van der Waals surface area (Å²) in [4.78, 5) is 0. The molecule has 5 heteroatoms. The molecule has 1 rings (SSSR count). The summed E-state index contributed by atoms with van der Waals surface area (Å²) in [7, 11) is 0. The van der Waals surface area contributed by atoms with Crippen molar-refractivity contribution in [1.82, 2.24) is 0 Å². The summed E-state index contributed by atoms with van der Waals surface area (Å²) < 4.78 is 12.0. The van der Waals surface area contributed by atoms with Gasteiger partial charge in [0.1, 0.15) is 5.60 Å². The lowest BCUT2D eigenvalue weighted by Gasteiger charge is -2.42. The minimum atomic E-state index is -0.885. The third-order valence-corrected chi connectivity index (χ3v) is 5.41. The number of ether oxygens (including phenoxy) is 2. The number of halogens is 1. The first kappa shape index (κ1) is 21.9. The minimum Gasteiger partial charge on any atom is -0.393 e. The molecule has 1 aliphatic rings. The van der Waals surface area contributed by atoms with Gasteiger partial charge in [0.2, 0.25) is 0 Å². The lowest BCUT2D eigenvalue weighted by Crippen LogP contribution is -2.51. The van der Waals surface area contributed by atoms with Crippen molar-refractivity contribution in [3.05, 3.63) is 11.1 Å². The van der Waals surface area contributed by atoms with E-state index in [9.17, 15) is 10.2 Å². The standard InChI is InChI=1S/C19H35ClO4/c1-4-6-10-23-17-11-16(24-19(12-17,13-21)14-22)8-7-9-18(20)15(3)5-2/h9,15-17,21-22H,4-8,10-14H2,1-3H3/b18-9+/t15?,16-,17+/m0/s1. The SMILES string of the molecule is CCCCO[C@@H]1C[C@H](CC/C=C(/Cl)C(C)CC)OC(CO)(CO)C1. The molecule has 2 N–H and O–H groups in total. The molecule has 1 fully saturated rings. The summed E-state index contributed by atoms with van der Waals surface area (Å²) in [6.07, 6.45) is 8.23. The van der Waals surface area contributed by atoms with Gasteiger partial charge in [-0.25, -0.2) is 0 Å². The Morgan fingerprint density at radius 1 is 1.38 bits per heavy atom. The third-order valence-electron chi connectivity index (χ3n) is 4.88. The van der Waals surface area contributed by atoms with E-state index < -0.39 is 5.60 Å². The maximum Gasteiger partial charge on any atom is 0.117 e. The molecule has 0 aliphatic carbocycles. The Bertz CT molecular complexity index is 368. The van der Waals surface area contributed by atoms with Crippen LogP contribution in [0, 0.1) is 5.92 Å². The van der Waals surface area contributed by atoms with Gasteiger partial charge in [0.15, 0.2) is 0 Å². The molecule has 3 atom stereocenters. The molecule has 24 heavy (non-hydrogen) atoms. The van der Waals surface area contributed by atoms with E-state index in [2.05, 4.69) is 26.8 Å². The molecule has 0 amide bonds. The molecule has 0 aromatic heterocycles. The van der Waals surface area contributed by atoms with E-state index in [1.54, 1.807) is 0 Å². The molecular formula is C19H35ClO4. The molecule has 0 aromatic rings. The average Bonchev–Trinajstić information content (AvgIpc) is 2.60. The van der Waals surface area contributed by atoms with Crippen LogP contribution in [-0.2, 0) is 9.47 Å². The monoisotopic (exact) mass is 362 g/mol. The van der Waals surface area contributed by atoms with Gasteiger partial charge < -0.3 is 19.7 Å².